The maximum atomic E-state index is 12.3. The minimum absolute atomic E-state index is 0.159. The standard InChI is InChI=1S/C15H18N6O2S/c1-7(2)12-19-15(21-20-12)24-8(3)13(22)16-9-4-5-10-11(6-9)18-14(23)17-10/h4-8H,1-3H3,(H,16,22)(H2,17,18,23)(H,19,20,21). The molecule has 0 aliphatic heterocycles. The maximum absolute atomic E-state index is 12.3. The van der Waals surface area contributed by atoms with Crippen LogP contribution in [0.5, 0.6) is 0 Å². The molecule has 3 aromatic rings. The van der Waals surface area contributed by atoms with Gasteiger partial charge in [-0.05, 0) is 25.1 Å². The second kappa shape index (κ2) is 6.52. The van der Waals surface area contributed by atoms with E-state index in [1.165, 1.54) is 11.8 Å². The van der Waals surface area contributed by atoms with Gasteiger partial charge in [0.25, 0.3) is 0 Å². The number of imidazole rings is 1. The van der Waals surface area contributed by atoms with Crippen molar-refractivity contribution in [2.75, 3.05) is 5.32 Å². The number of fused-ring (bicyclic) bond motifs is 1. The molecule has 0 saturated heterocycles. The molecule has 0 fully saturated rings. The molecule has 9 heteroatoms. The van der Waals surface area contributed by atoms with Crippen molar-refractivity contribution in [3.05, 3.63) is 34.5 Å². The number of thioether (sulfide) groups is 1. The van der Waals surface area contributed by atoms with E-state index in [9.17, 15) is 9.59 Å². The Labute approximate surface area is 141 Å². The number of amides is 1. The third-order valence-corrected chi connectivity index (χ3v) is 4.43. The van der Waals surface area contributed by atoms with Gasteiger partial charge in [-0.1, -0.05) is 25.6 Å². The normalized spacial score (nSPS) is 12.7. The summed E-state index contributed by atoms with van der Waals surface area (Å²) in [5.41, 5.74) is 1.69. The monoisotopic (exact) mass is 346 g/mol. The lowest BCUT2D eigenvalue weighted by Crippen LogP contribution is -2.22. The first-order chi connectivity index (χ1) is 11.4. The Morgan fingerprint density at radius 1 is 1.21 bits per heavy atom. The molecule has 126 valence electrons. The fourth-order valence-corrected chi connectivity index (χ4v) is 2.87. The molecule has 3 rings (SSSR count). The second-order valence-electron chi connectivity index (χ2n) is 5.75. The molecular formula is C15H18N6O2S. The smallest absolute Gasteiger partial charge is 0.323 e. The van der Waals surface area contributed by atoms with Crippen molar-refractivity contribution in [1.29, 1.82) is 0 Å². The molecule has 4 N–H and O–H groups in total. The van der Waals surface area contributed by atoms with Crippen molar-refractivity contribution in [3.63, 3.8) is 0 Å². The van der Waals surface area contributed by atoms with Crippen LogP contribution in [-0.2, 0) is 4.79 Å². The van der Waals surface area contributed by atoms with Crippen molar-refractivity contribution < 1.29 is 4.79 Å². The summed E-state index contributed by atoms with van der Waals surface area (Å²) < 4.78 is 0. The van der Waals surface area contributed by atoms with E-state index in [4.69, 9.17) is 0 Å². The third kappa shape index (κ3) is 3.51. The van der Waals surface area contributed by atoms with Crippen molar-refractivity contribution in [2.45, 2.75) is 37.1 Å². The second-order valence-corrected chi connectivity index (χ2v) is 7.05. The van der Waals surface area contributed by atoms with E-state index in [2.05, 4.69) is 30.5 Å². The summed E-state index contributed by atoms with van der Waals surface area (Å²) in [6, 6.07) is 5.20. The first-order valence-electron chi connectivity index (χ1n) is 7.54. The van der Waals surface area contributed by atoms with Crippen LogP contribution < -0.4 is 11.0 Å². The number of aromatic amines is 3. The van der Waals surface area contributed by atoms with Crippen LogP contribution >= 0.6 is 11.8 Å². The van der Waals surface area contributed by atoms with E-state index in [0.717, 1.165) is 5.82 Å². The molecule has 0 radical (unpaired) electrons. The van der Waals surface area contributed by atoms with E-state index in [1.54, 1.807) is 25.1 Å². The average molecular weight is 346 g/mol. The van der Waals surface area contributed by atoms with Gasteiger partial charge in [-0.25, -0.2) is 9.78 Å². The van der Waals surface area contributed by atoms with E-state index in [-0.39, 0.29) is 22.8 Å². The minimum atomic E-state index is -0.359. The number of hydrogen-bond acceptors (Lipinski definition) is 5. The Balaban J connectivity index is 1.66. The molecule has 2 heterocycles. The molecule has 24 heavy (non-hydrogen) atoms. The zero-order chi connectivity index (χ0) is 17.3. The highest BCUT2D eigenvalue weighted by molar-refractivity contribution is 8.00. The van der Waals surface area contributed by atoms with Crippen molar-refractivity contribution in [1.82, 2.24) is 25.1 Å². The number of anilines is 1. The number of aromatic nitrogens is 5. The fourth-order valence-electron chi connectivity index (χ4n) is 2.13. The summed E-state index contributed by atoms with van der Waals surface area (Å²) in [5, 5.41) is 10.0. The van der Waals surface area contributed by atoms with Gasteiger partial charge in [0.2, 0.25) is 11.1 Å². The number of carbonyl (C=O) groups is 1. The Morgan fingerprint density at radius 2 is 1.96 bits per heavy atom. The molecule has 0 spiro atoms. The molecule has 0 bridgehead atoms. The molecule has 0 aliphatic carbocycles. The zero-order valence-electron chi connectivity index (χ0n) is 13.5. The van der Waals surface area contributed by atoms with Gasteiger partial charge in [-0.3, -0.25) is 9.89 Å². The molecule has 8 nitrogen and oxygen atoms in total. The topological polar surface area (TPSA) is 119 Å². The number of nitrogens with zero attached hydrogens (tertiary/aromatic N) is 2. The van der Waals surface area contributed by atoms with Gasteiger partial charge in [0.15, 0.2) is 0 Å². The van der Waals surface area contributed by atoms with Crippen LogP contribution in [0.15, 0.2) is 28.2 Å². The van der Waals surface area contributed by atoms with Gasteiger partial charge in [-0.2, -0.15) is 0 Å². The fraction of sp³-hybridized carbons (Fsp3) is 0.333. The van der Waals surface area contributed by atoms with E-state index in [0.29, 0.717) is 21.9 Å². The van der Waals surface area contributed by atoms with Crippen LogP contribution in [0.1, 0.15) is 32.5 Å². The summed E-state index contributed by atoms with van der Waals surface area (Å²) >= 11 is 1.29. The van der Waals surface area contributed by atoms with Crippen LogP contribution in [0, 0.1) is 0 Å². The number of nitrogens with one attached hydrogen (secondary N) is 4. The van der Waals surface area contributed by atoms with Gasteiger partial charge in [0.05, 0.1) is 16.3 Å². The van der Waals surface area contributed by atoms with Crippen LogP contribution in [0.4, 0.5) is 5.69 Å². The van der Waals surface area contributed by atoms with E-state index in [1.807, 2.05) is 13.8 Å². The summed E-state index contributed by atoms with van der Waals surface area (Å²) in [6.07, 6.45) is 0. The number of benzene rings is 1. The summed E-state index contributed by atoms with van der Waals surface area (Å²) in [5.74, 6) is 0.895. The van der Waals surface area contributed by atoms with Gasteiger partial charge < -0.3 is 15.3 Å². The number of hydrogen-bond donors (Lipinski definition) is 4. The molecule has 0 saturated carbocycles. The lowest BCUT2D eigenvalue weighted by atomic mass is 10.2. The molecular weight excluding hydrogens is 328 g/mol. The van der Waals surface area contributed by atoms with Crippen molar-refractivity contribution in [2.24, 2.45) is 0 Å². The Morgan fingerprint density at radius 3 is 2.67 bits per heavy atom. The lowest BCUT2D eigenvalue weighted by molar-refractivity contribution is -0.115. The molecule has 2 aromatic heterocycles. The summed E-state index contributed by atoms with van der Waals surface area (Å²) in [4.78, 5) is 33.3. The zero-order valence-corrected chi connectivity index (χ0v) is 14.3. The SMILES string of the molecule is CC(Sc1n[nH]c(C(C)C)n1)C(=O)Nc1ccc2[nH]c(=O)[nH]c2c1. The highest BCUT2D eigenvalue weighted by atomic mass is 32.2. The summed E-state index contributed by atoms with van der Waals surface area (Å²) in [6.45, 7) is 5.83. The molecule has 1 atom stereocenters. The lowest BCUT2D eigenvalue weighted by Gasteiger charge is -2.10. The van der Waals surface area contributed by atoms with Crippen LogP contribution in [0.3, 0.4) is 0 Å². The first-order valence-corrected chi connectivity index (χ1v) is 8.42. The predicted octanol–water partition coefficient (Wildman–Crippen LogP) is 2.22. The largest absolute Gasteiger partial charge is 0.325 e. The number of rotatable bonds is 5. The number of carbonyl (C=O) groups excluding carboxylic acids is 1. The van der Waals surface area contributed by atoms with Crippen LogP contribution in [-0.4, -0.2) is 36.3 Å². The van der Waals surface area contributed by atoms with Crippen LogP contribution in [0.2, 0.25) is 0 Å². The molecule has 1 amide bonds. The van der Waals surface area contributed by atoms with Gasteiger partial charge in [0.1, 0.15) is 5.82 Å². The van der Waals surface area contributed by atoms with E-state index < -0.39 is 0 Å². The van der Waals surface area contributed by atoms with Crippen LogP contribution in [0.25, 0.3) is 11.0 Å². The Kier molecular flexibility index (Phi) is 4.43. The van der Waals surface area contributed by atoms with Crippen molar-refractivity contribution in [3.8, 4) is 0 Å². The Hall–Kier alpha value is -2.55. The summed E-state index contributed by atoms with van der Waals surface area (Å²) in [7, 11) is 0. The maximum Gasteiger partial charge on any atom is 0.323 e. The quantitative estimate of drug-likeness (QED) is 0.528. The molecule has 0 aliphatic rings. The van der Waals surface area contributed by atoms with Gasteiger partial charge in [0, 0.05) is 11.6 Å². The van der Waals surface area contributed by atoms with E-state index >= 15 is 0 Å². The first kappa shape index (κ1) is 16.3. The van der Waals surface area contributed by atoms with Gasteiger partial charge >= 0.3 is 5.69 Å². The predicted molar refractivity (Wildman–Crippen MR) is 93.3 cm³/mol. The number of H-pyrrole nitrogens is 3. The average Bonchev–Trinajstić information content (AvgIpc) is 3.12. The van der Waals surface area contributed by atoms with Gasteiger partial charge in [-0.15, -0.1) is 5.10 Å². The molecule has 1 aromatic carbocycles. The Bertz CT molecular complexity index is 925. The highest BCUT2D eigenvalue weighted by Gasteiger charge is 2.18. The molecule has 1 unspecified atom stereocenters. The third-order valence-electron chi connectivity index (χ3n) is 3.46. The van der Waals surface area contributed by atoms with Crippen molar-refractivity contribution >= 4 is 34.4 Å². The highest BCUT2D eigenvalue weighted by Crippen LogP contribution is 2.22. The minimum Gasteiger partial charge on any atom is -0.325 e.